The van der Waals surface area contributed by atoms with Gasteiger partial charge in [-0.1, -0.05) is 0 Å². The minimum Gasteiger partial charge on any atom is -0.324 e. The maximum absolute atomic E-state index is 11.8. The summed E-state index contributed by atoms with van der Waals surface area (Å²) in [6.45, 7) is 0.854. The van der Waals surface area contributed by atoms with Crippen molar-refractivity contribution in [3.05, 3.63) is 20.8 Å². The molecular weight excluding hydrogens is 326 g/mol. The second-order valence-electron chi connectivity index (χ2n) is 3.39. The van der Waals surface area contributed by atoms with Gasteiger partial charge in [-0.05, 0) is 34.3 Å². The van der Waals surface area contributed by atoms with E-state index in [1.54, 1.807) is 34.9 Å². The summed E-state index contributed by atoms with van der Waals surface area (Å²) >= 11 is 8.70. The second kappa shape index (κ2) is 5.80. The van der Waals surface area contributed by atoms with Crippen LogP contribution in [0.4, 0.5) is 0 Å². The molecule has 1 saturated heterocycles. The molecule has 1 aliphatic heterocycles. The van der Waals surface area contributed by atoms with Crippen LogP contribution in [0.3, 0.4) is 0 Å². The zero-order valence-electron chi connectivity index (χ0n) is 8.81. The minimum atomic E-state index is 0.232. The molecule has 0 saturated carbocycles. The molecule has 1 aromatic heterocycles. The van der Waals surface area contributed by atoms with E-state index in [0.29, 0.717) is 5.75 Å². The number of nitrogens with zero attached hydrogens (tertiary/aromatic N) is 1. The van der Waals surface area contributed by atoms with Gasteiger partial charge >= 0.3 is 0 Å². The van der Waals surface area contributed by atoms with Crippen molar-refractivity contribution in [2.75, 3.05) is 24.3 Å². The number of halogens is 1. The molecule has 1 fully saturated rings. The first-order valence-corrected chi connectivity index (χ1v) is 8.93. The van der Waals surface area contributed by atoms with Gasteiger partial charge in [-0.15, -0.1) is 23.1 Å². The Hall–Kier alpha value is 0.350. The van der Waals surface area contributed by atoms with Crippen LogP contribution in [0.25, 0.3) is 0 Å². The van der Waals surface area contributed by atoms with E-state index >= 15 is 0 Å². The number of thioether (sulfide) groups is 2. The van der Waals surface area contributed by atoms with Gasteiger partial charge in [0.25, 0.3) is 0 Å². The minimum absolute atomic E-state index is 0.232. The van der Waals surface area contributed by atoms with Crippen LogP contribution in [0, 0.1) is 0 Å². The number of amides is 1. The zero-order valence-corrected chi connectivity index (χ0v) is 12.8. The predicted molar refractivity (Wildman–Crippen MR) is 77.3 cm³/mol. The standard InChI is InChI=1S/C10H12BrNOS3/c1-14-5-4-12-9(13)6-15-10(12)7-2-3-8(11)16-7/h2-3,10H,4-6H2,1H3/t10-/m1/s1. The third-order valence-corrected chi connectivity index (χ3v) is 6.00. The molecular formula is C10H12BrNOS3. The largest absolute Gasteiger partial charge is 0.324 e. The van der Waals surface area contributed by atoms with Crippen LogP contribution in [-0.4, -0.2) is 35.1 Å². The van der Waals surface area contributed by atoms with Crippen LogP contribution in [-0.2, 0) is 4.79 Å². The molecule has 6 heteroatoms. The summed E-state index contributed by atoms with van der Waals surface area (Å²) in [5.74, 6) is 1.90. The molecule has 0 aromatic carbocycles. The predicted octanol–water partition coefficient (Wildman–Crippen LogP) is 3.45. The first-order valence-electron chi connectivity index (χ1n) is 4.87. The lowest BCUT2D eigenvalue weighted by Crippen LogP contribution is -2.30. The number of carbonyl (C=O) groups excluding carboxylic acids is 1. The third kappa shape index (κ3) is 2.78. The highest BCUT2D eigenvalue weighted by molar-refractivity contribution is 9.11. The zero-order chi connectivity index (χ0) is 11.5. The van der Waals surface area contributed by atoms with E-state index in [0.717, 1.165) is 16.1 Å². The molecule has 0 N–H and O–H groups in total. The highest BCUT2D eigenvalue weighted by Gasteiger charge is 2.33. The molecule has 16 heavy (non-hydrogen) atoms. The molecule has 0 bridgehead atoms. The van der Waals surface area contributed by atoms with Crippen molar-refractivity contribution in [2.45, 2.75) is 5.37 Å². The van der Waals surface area contributed by atoms with Crippen molar-refractivity contribution in [3.63, 3.8) is 0 Å². The smallest absolute Gasteiger partial charge is 0.233 e. The molecule has 2 heterocycles. The first-order chi connectivity index (χ1) is 7.72. The van der Waals surface area contributed by atoms with Gasteiger partial charge < -0.3 is 4.90 Å². The number of carbonyl (C=O) groups is 1. The molecule has 1 aliphatic rings. The first kappa shape index (κ1) is 12.8. The van der Waals surface area contributed by atoms with Crippen molar-refractivity contribution >= 4 is 56.7 Å². The second-order valence-corrected chi connectivity index (χ2v) is 7.93. The van der Waals surface area contributed by atoms with Crippen molar-refractivity contribution in [2.24, 2.45) is 0 Å². The lowest BCUT2D eigenvalue weighted by molar-refractivity contribution is -0.127. The van der Waals surface area contributed by atoms with Gasteiger partial charge in [0.2, 0.25) is 5.91 Å². The fourth-order valence-corrected chi connectivity index (χ4v) is 4.84. The fraction of sp³-hybridized carbons (Fsp3) is 0.500. The van der Waals surface area contributed by atoms with Crippen molar-refractivity contribution in [1.29, 1.82) is 0 Å². The molecule has 0 radical (unpaired) electrons. The van der Waals surface area contributed by atoms with E-state index in [1.807, 2.05) is 4.90 Å². The summed E-state index contributed by atoms with van der Waals surface area (Å²) in [4.78, 5) is 15.0. The Labute approximate surface area is 116 Å². The van der Waals surface area contributed by atoms with E-state index in [4.69, 9.17) is 0 Å². The van der Waals surface area contributed by atoms with Crippen LogP contribution in [0.2, 0.25) is 0 Å². The Morgan fingerprint density at radius 2 is 2.44 bits per heavy atom. The monoisotopic (exact) mass is 337 g/mol. The van der Waals surface area contributed by atoms with Gasteiger partial charge in [0.05, 0.1) is 9.54 Å². The number of thiophene rings is 1. The summed E-state index contributed by atoms with van der Waals surface area (Å²) in [5, 5.41) is 0.232. The molecule has 0 aliphatic carbocycles. The number of rotatable bonds is 4. The Balaban J connectivity index is 2.11. The quantitative estimate of drug-likeness (QED) is 0.839. The fourth-order valence-electron chi connectivity index (χ4n) is 1.58. The van der Waals surface area contributed by atoms with Gasteiger partial charge in [0, 0.05) is 17.2 Å². The average Bonchev–Trinajstić information content (AvgIpc) is 2.82. The van der Waals surface area contributed by atoms with Crippen LogP contribution in [0.5, 0.6) is 0 Å². The normalized spacial score (nSPS) is 20.8. The van der Waals surface area contributed by atoms with Crippen molar-refractivity contribution in [1.82, 2.24) is 4.90 Å². The van der Waals surface area contributed by atoms with Gasteiger partial charge in [-0.3, -0.25) is 4.79 Å². The average molecular weight is 338 g/mol. The van der Waals surface area contributed by atoms with Gasteiger partial charge in [-0.25, -0.2) is 0 Å². The molecule has 2 nitrogen and oxygen atoms in total. The molecule has 0 unspecified atom stereocenters. The van der Waals surface area contributed by atoms with E-state index < -0.39 is 0 Å². The number of hydrogen-bond donors (Lipinski definition) is 0. The van der Waals surface area contributed by atoms with Crippen LogP contribution >= 0.6 is 50.8 Å². The molecule has 2 rings (SSSR count). The Bertz CT molecular complexity index is 382. The van der Waals surface area contributed by atoms with E-state index in [1.165, 1.54) is 4.88 Å². The van der Waals surface area contributed by atoms with Gasteiger partial charge in [0.15, 0.2) is 0 Å². The topological polar surface area (TPSA) is 20.3 Å². The summed E-state index contributed by atoms with van der Waals surface area (Å²) in [5.41, 5.74) is 0. The summed E-state index contributed by atoms with van der Waals surface area (Å²) < 4.78 is 1.13. The van der Waals surface area contributed by atoms with Gasteiger partial charge in [0.1, 0.15) is 5.37 Å². The summed E-state index contributed by atoms with van der Waals surface area (Å²) in [6, 6.07) is 4.16. The maximum atomic E-state index is 11.8. The maximum Gasteiger partial charge on any atom is 0.233 e. The van der Waals surface area contributed by atoms with Crippen molar-refractivity contribution < 1.29 is 4.79 Å². The Morgan fingerprint density at radius 3 is 3.06 bits per heavy atom. The van der Waals surface area contributed by atoms with E-state index in [2.05, 4.69) is 34.3 Å². The Kier molecular flexibility index (Phi) is 4.64. The summed E-state index contributed by atoms with van der Waals surface area (Å²) in [7, 11) is 0. The van der Waals surface area contributed by atoms with Crippen molar-refractivity contribution in [3.8, 4) is 0 Å². The molecule has 1 amide bonds. The molecule has 1 aromatic rings. The number of hydrogen-bond acceptors (Lipinski definition) is 4. The SMILES string of the molecule is CSCCN1C(=O)CS[C@@H]1c1ccc(Br)s1. The summed E-state index contributed by atoms with van der Waals surface area (Å²) in [6.07, 6.45) is 2.07. The molecule has 1 atom stereocenters. The molecule has 88 valence electrons. The third-order valence-electron chi connectivity index (χ3n) is 2.34. The van der Waals surface area contributed by atoms with Crippen LogP contribution in [0.15, 0.2) is 15.9 Å². The molecule has 0 spiro atoms. The van der Waals surface area contributed by atoms with Crippen LogP contribution < -0.4 is 0 Å². The lowest BCUT2D eigenvalue weighted by Gasteiger charge is -2.22. The van der Waals surface area contributed by atoms with Crippen LogP contribution in [0.1, 0.15) is 10.3 Å². The Morgan fingerprint density at radius 1 is 1.62 bits per heavy atom. The lowest BCUT2D eigenvalue weighted by atomic mass is 10.4. The highest BCUT2D eigenvalue weighted by Crippen LogP contribution is 2.42. The van der Waals surface area contributed by atoms with E-state index in [-0.39, 0.29) is 11.3 Å². The van der Waals surface area contributed by atoms with Gasteiger partial charge in [-0.2, -0.15) is 11.8 Å². The highest BCUT2D eigenvalue weighted by atomic mass is 79.9. The van der Waals surface area contributed by atoms with E-state index in [9.17, 15) is 4.79 Å².